The molecule has 1 nitrogen and oxygen atoms in total. The molecule has 0 bridgehead atoms. The average Bonchev–Trinajstić information content (AvgIpc) is 2.40. The van der Waals surface area contributed by atoms with Crippen molar-refractivity contribution < 1.29 is 4.39 Å². The van der Waals surface area contributed by atoms with Gasteiger partial charge in [0.05, 0.1) is 4.90 Å². The summed E-state index contributed by atoms with van der Waals surface area (Å²) in [5, 5.41) is 3.41. The molecule has 106 valence electrons. The van der Waals surface area contributed by atoms with Gasteiger partial charge in [0, 0.05) is 17.0 Å². The number of hydrogen-bond donors (Lipinski definition) is 1. The molecule has 0 unspecified atom stereocenters. The van der Waals surface area contributed by atoms with Gasteiger partial charge in [-0.05, 0) is 44.5 Å². The van der Waals surface area contributed by atoms with Crippen molar-refractivity contribution in [3.8, 4) is 0 Å². The molecular formula is C17H20FNS. The molecule has 2 rings (SSSR count). The molecule has 0 fully saturated rings. The third-order valence-electron chi connectivity index (χ3n) is 2.82. The van der Waals surface area contributed by atoms with Crippen molar-refractivity contribution >= 4 is 11.8 Å². The molecule has 2 aromatic carbocycles. The second kappa shape index (κ2) is 6.42. The minimum atomic E-state index is -0.160. The Morgan fingerprint density at radius 1 is 1.00 bits per heavy atom. The highest BCUT2D eigenvalue weighted by molar-refractivity contribution is 7.99. The standard InChI is InChI=1S/C17H20FNS/c1-17(2,3)19-12-13-8-7-11-15(18)16(13)20-14-9-5-4-6-10-14/h4-11,19H,12H2,1-3H3. The third-order valence-corrected chi connectivity index (χ3v) is 3.99. The first-order valence-electron chi connectivity index (χ1n) is 6.71. The lowest BCUT2D eigenvalue weighted by atomic mass is 10.1. The Bertz CT molecular complexity index is 561. The lowest BCUT2D eigenvalue weighted by Crippen LogP contribution is -2.35. The predicted molar refractivity (Wildman–Crippen MR) is 83.6 cm³/mol. The fraction of sp³-hybridized carbons (Fsp3) is 0.294. The molecule has 0 saturated carbocycles. The maximum atomic E-state index is 14.1. The quantitative estimate of drug-likeness (QED) is 0.862. The second-order valence-corrected chi connectivity index (χ2v) is 6.83. The summed E-state index contributed by atoms with van der Waals surface area (Å²) in [5.41, 5.74) is 1.01. The first kappa shape index (κ1) is 15.1. The van der Waals surface area contributed by atoms with Gasteiger partial charge in [0.25, 0.3) is 0 Å². The second-order valence-electron chi connectivity index (χ2n) is 5.75. The topological polar surface area (TPSA) is 12.0 Å². The van der Waals surface area contributed by atoms with Crippen LogP contribution in [0.4, 0.5) is 4.39 Å². The number of rotatable bonds is 4. The Hall–Kier alpha value is -1.32. The molecule has 3 heteroatoms. The van der Waals surface area contributed by atoms with Crippen molar-refractivity contribution in [2.24, 2.45) is 0 Å². The van der Waals surface area contributed by atoms with E-state index in [1.807, 2.05) is 36.4 Å². The van der Waals surface area contributed by atoms with Gasteiger partial charge in [-0.1, -0.05) is 42.1 Å². The van der Waals surface area contributed by atoms with E-state index < -0.39 is 0 Å². The Morgan fingerprint density at radius 3 is 2.35 bits per heavy atom. The fourth-order valence-electron chi connectivity index (χ4n) is 1.77. The van der Waals surface area contributed by atoms with Crippen LogP contribution in [0.5, 0.6) is 0 Å². The molecule has 0 amide bonds. The first-order valence-corrected chi connectivity index (χ1v) is 7.53. The highest BCUT2D eigenvalue weighted by atomic mass is 32.2. The minimum absolute atomic E-state index is 0.0149. The molecule has 0 spiro atoms. The summed E-state index contributed by atoms with van der Waals surface area (Å²) in [6, 6.07) is 15.2. The van der Waals surface area contributed by atoms with Gasteiger partial charge in [-0.25, -0.2) is 4.39 Å². The van der Waals surface area contributed by atoms with Gasteiger partial charge < -0.3 is 5.32 Å². The maximum absolute atomic E-state index is 14.1. The molecule has 0 aliphatic heterocycles. The molecule has 0 aliphatic rings. The van der Waals surface area contributed by atoms with Gasteiger partial charge in [0.15, 0.2) is 0 Å². The molecule has 2 aromatic rings. The van der Waals surface area contributed by atoms with E-state index in [1.165, 1.54) is 17.8 Å². The van der Waals surface area contributed by atoms with Crippen molar-refractivity contribution in [3.63, 3.8) is 0 Å². The number of hydrogen-bond acceptors (Lipinski definition) is 2. The summed E-state index contributed by atoms with van der Waals surface area (Å²) >= 11 is 1.48. The van der Waals surface area contributed by atoms with Crippen LogP contribution in [0.3, 0.4) is 0 Å². The molecule has 1 N–H and O–H groups in total. The van der Waals surface area contributed by atoms with Gasteiger partial charge in [0.2, 0.25) is 0 Å². The van der Waals surface area contributed by atoms with Crippen LogP contribution in [0.1, 0.15) is 26.3 Å². The normalized spacial score (nSPS) is 11.6. The Balaban J connectivity index is 2.22. The van der Waals surface area contributed by atoms with Crippen LogP contribution in [0.2, 0.25) is 0 Å². The Kier molecular flexibility index (Phi) is 4.84. The monoisotopic (exact) mass is 289 g/mol. The number of benzene rings is 2. The average molecular weight is 289 g/mol. The van der Waals surface area contributed by atoms with Crippen LogP contribution in [-0.2, 0) is 6.54 Å². The van der Waals surface area contributed by atoms with E-state index in [4.69, 9.17) is 0 Å². The SMILES string of the molecule is CC(C)(C)NCc1cccc(F)c1Sc1ccccc1. The van der Waals surface area contributed by atoms with E-state index in [1.54, 1.807) is 6.07 Å². The lowest BCUT2D eigenvalue weighted by Gasteiger charge is -2.21. The first-order chi connectivity index (χ1) is 9.46. The van der Waals surface area contributed by atoms with Crippen LogP contribution >= 0.6 is 11.8 Å². The molecule has 0 aliphatic carbocycles. The Morgan fingerprint density at radius 2 is 1.70 bits per heavy atom. The highest BCUT2D eigenvalue weighted by Gasteiger charge is 2.13. The zero-order chi connectivity index (χ0) is 14.6. The van der Waals surface area contributed by atoms with Crippen molar-refractivity contribution in [2.75, 3.05) is 0 Å². The van der Waals surface area contributed by atoms with Crippen LogP contribution in [0.15, 0.2) is 58.3 Å². The van der Waals surface area contributed by atoms with Crippen LogP contribution in [0, 0.1) is 5.82 Å². The third kappa shape index (κ3) is 4.36. The lowest BCUT2D eigenvalue weighted by molar-refractivity contribution is 0.421. The zero-order valence-electron chi connectivity index (χ0n) is 12.1. The van der Waals surface area contributed by atoms with Crippen molar-refractivity contribution in [1.82, 2.24) is 5.32 Å². The van der Waals surface area contributed by atoms with Crippen LogP contribution < -0.4 is 5.32 Å². The number of nitrogens with one attached hydrogen (secondary N) is 1. The summed E-state index contributed by atoms with van der Waals surface area (Å²) in [4.78, 5) is 1.75. The van der Waals surface area contributed by atoms with Crippen LogP contribution in [0.25, 0.3) is 0 Å². The van der Waals surface area contributed by atoms with E-state index >= 15 is 0 Å². The van der Waals surface area contributed by atoms with Crippen LogP contribution in [-0.4, -0.2) is 5.54 Å². The zero-order valence-corrected chi connectivity index (χ0v) is 12.9. The maximum Gasteiger partial charge on any atom is 0.137 e. The highest BCUT2D eigenvalue weighted by Crippen LogP contribution is 2.32. The number of halogens is 1. The van der Waals surface area contributed by atoms with E-state index in [0.29, 0.717) is 11.4 Å². The molecule has 0 saturated heterocycles. The van der Waals surface area contributed by atoms with Crippen molar-refractivity contribution in [2.45, 2.75) is 42.6 Å². The summed E-state index contributed by atoms with van der Waals surface area (Å²) in [7, 11) is 0. The van der Waals surface area contributed by atoms with Gasteiger partial charge >= 0.3 is 0 Å². The van der Waals surface area contributed by atoms with Crippen molar-refractivity contribution in [3.05, 3.63) is 59.9 Å². The summed E-state index contributed by atoms with van der Waals surface area (Å²) in [5.74, 6) is -0.160. The van der Waals surface area contributed by atoms with Gasteiger partial charge in [-0.2, -0.15) is 0 Å². The van der Waals surface area contributed by atoms with E-state index in [2.05, 4.69) is 26.1 Å². The largest absolute Gasteiger partial charge is 0.308 e. The smallest absolute Gasteiger partial charge is 0.137 e. The van der Waals surface area contributed by atoms with Gasteiger partial charge in [-0.15, -0.1) is 0 Å². The molecule has 0 heterocycles. The molecule has 20 heavy (non-hydrogen) atoms. The van der Waals surface area contributed by atoms with E-state index in [9.17, 15) is 4.39 Å². The summed E-state index contributed by atoms with van der Waals surface area (Å²) in [6.45, 7) is 6.99. The molecule has 0 atom stereocenters. The van der Waals surface area contributed by atoms with E-state index in [-0.39, 0.29) is 11.4 Å². The summed E-state index contributed by atoms with van der Waals surface area (Å²) in [6.07, 6.45) is 0. The van der Waals surface area contributed by atoms with Gasteiger partial charge in [0.1, 0.15) is 5.82 Å². The predicted octanol–water partition coefficient (Wildman–Crippen LogP) is 4.87. The van der Waals surface area contributed by atoms with E-state index in [0.717, 1.165) is 10.5 Å². The molecule has 0 radical (unpaired) electrons. The molecular weight excluding hydrogens is 269 g/mol. The summed E-state index contributed by atoms with van der Waals surface area (Å²) < 4.78 is 14.1. The molecule has 0 aromatic heterocycles. The Labute approximate surface area is 124 Å². The van der Waals surface area contributed by atoms with Gasteiger partial charge in [-0.3, -0.25) is 0 Å². The fourth-order valence-corrected chi connectivity index (χ4v) is 2.74. The minimum Gasteiger partial charge on any atom is -0.308 e. The van der Waals surface area contributed by atoms with Crippen molar-refractivity contribution in [1.29, 1.82) is 0 Å².